The predicted molar refractivity (Wildman–Crippen MR) is 69.3 cm³/mol. The SMILES string of the molecule is CCCC1(C(=O)NC(C(=O)O)C(C)C)CCCN1. The Morgan fingerprint density at radius 1 is 1.44 bits per heavy atom. The minimum atomic E-state index is -0.969. The summed E-state index contributed by atoms with van der Waals surface area (Å²) >= 11 is 0. The number of carboxylic acids is 1. The van der Waals surface area contributed by atoms with Crippen LogP contribution in [0, 0.1) is 5.92 Å². The molecule has 0 bridgehead atoms. The van der Waals surface area contributed by atoms with E-state index in [4.69, 9.17) is 5.11 Å². The summed E-state index contributed by atoms with van der Waals surface area (Å²) in [4.78, 5) is 23.5. The van der Waals surface area contributed by atoms with Crippen LogP contribution in [-0.4, -0.2) is 35.1 Å². The van der Waals surface area contributed by atoms with Gasteiger partial charge in [-0.2, -0.15) is 0 Å². The van der Waals surface area contributed by atoms with Crippen molar-refractivity contribution in [3.8, 4) is 0 Å². The molecule has 1 rings (SSSR count). The fourth-order valence-electron chi connectivity index (χ4n) is 2.55. The van der Waals surface area contributed by atoms with Crippen molar-refractivity contribution in [2.75, 3.05) is 6.54 Å². The molecule has 1 aliphatic heterocycles. The Morgan fingerprint density at radius 3 is 2.50 bits per heavy atom. The van der Waals surface area contributed by atoms with Crippen molar-refractivity contribution in [3.05, 3.63) is 0 Å². The summed E-state index contributed by atoms with van der Waals surface area (Å²) in [5, 5.41) is 15.0. The first-order valence-electron chi connectivity index (χ1n) is 6.72. The van der Waals surface area contributed by atoms with Crippen molar-refractivity contribution in [2.45, 2.75) is 58.0 Å². The highest BCUT2D eigenvalue weighted by atomic mass is 16.4. The molecule has 18 heavy (non-hydrogen) atoms. The first-order valence-corrected chi connectivity index (χ1v) is 6.72. The van der Waals surface area contributed by atoms with Gasteiger partial charge in [0.25, 0.3) is 0 Å². The van der Waals surface area contributed by atoms with Crippen LogP contribution in [0.2, 0.25) is 0 Å². The van der Waals surface area contributed by atoms with Crippen molar-refractivity contribution in [3.63, 3.8) is 0 Å². The van der Waals surface area contributed by atoms with Crippen LogP contribution < -0.4 is 10.6 Å². The molecule has 1 amide bonds. The first-order chi connectivity index (χ1) is 8.43. The molecule has 2 atom stereocenters. The number of carbonyl (C=O) groups is 2. The minimum absolute atomic E-state index is 0.119. The quantitative estimate of drug-likeness (QED) is 0.666. The predicted octanol–water partition coefficient (Wildman–Crippen LogP) is 1.13. The van der Waals surface area contributed by atoms with Gasteiger partial charge in [0.2, 0.25) is 5.91 Å². The van der Waals surface area contributed by atoms with Crippen molar-refractivity contribution in [1.82, 2.24) is 10.6 Å². The summed E-state index contributed by atoms with van der Waals surface area (Å²) < 4.78 is 0. The molecular formula is C13H24N2O3. The molecule has 0 aliphatic carbocycles. The van der Waals surface area contributed by atoms with Crippen LogP contribution in [0.3, 0.4) is 0 Å². The van der Waals surface area contributed by atoms with E-state index in [1.807, 2.05) is 6.92 Å². The molecule has 0 spiro atoms. The zero-order valence-corrected chi connectivity index (χ0v) is 11.5. The minimum Gasteiger partial charge on any atom is -0.480 e. The van der Waals surface area contributed by atoms with Crippen LogP contribution >= 0.6 is 0 Å². The smallest absolute Gasteiger partial charge is 0.326 e. The van der Waals surface area contributed by atoms with Gasteiger partial charge in [0.05, 0.1) is 5.54 Å². The summed E-state index contributed by atoms with van der Waals surface area (Å²) in [6.45, 7) is 6.46. The summed E-state index contributed by atoms with van der Waals surface area (Å²) in [5.74, 6) is -1.25. The Balaban J connectivity index is 2.75. The lowest BCUT2D eigenvalue weighted by molar-refractivity contribution is -0.144. The molecule has 0 aromatic carbocycles. The second-order valence-corrected chi connectivity index (χ2v) is 5.40. The summed E-state index contributed by atoms with van der Waals surface area (Å²) in [6, 6.07) is -0.811. The number of carboxylic acid groups (broad SMARTS) is 1. The molecule has 0 aromatic rings. The van der Waals surface area contributed by atoms with Gasteiger partial charge in [-0.1, -0.05) is 27.2 Å². The Morgan fingerprint density at radius 2 is 2.11 bits per heavy atom. The van der Waals surface area contributed by atoms with Crippen LogP contribution in [0.25, 0.3) is 0 Å². The lowest BCUT2D eigenvalue weighted by Gasteiger charge is -2.30. The molecule has 5 nitrogen and oxygen atoms in total. The van der Waals surface area contributed by atoms with Crippen LogP contribution in [0.15, 0.2) is 0 Å². The molecule has 104 valence electrons. The van der Waals surface area contributed by atoms with E-state index < -0.39 is 17.6 Å². The number of hydrogen-bond donors (Lipinski definition) is 3. The van der Waals surface area contributed by atoms with Crippen LogP contribution in [0.1, 0.15) is 46.5 Å². The van der Waals surface area contributed by atoms with E-state index in [1.165, 1.54) is 0 Å². The van der Waals surface area contributed by atoms with Gasteiger partial charge in [-0.25, -0.2) is 4.79 Å². The van der Waals surface area contributed by atoms with Gasteiger partial charge >= 0.3 is 5.97 Å². The third kappa shape index (κ3) is 3.22. The van der Waals surface area contributed by atoms with E-state index in [2.05, 4.69) is 10.6 Å². The average molecular weight is 256 g/mol. The highest BCUT2D eigenvalue weighted by Gasteiger charge is 2.41. The van der Waals surface area contributed by atoms with Gasteiger partial charge < -0.3 is 15.7 Å². The van der Waals surface area contributed by atoms with Crippen molar-refractivity contribution in [1.29, 1.82) is 0 Å². The van der Waals surface area contributed by atoms with Gasteiger partial charge in [-0.15, -0.1) is 0 Å². The fourth-order valence-corrected chi connectivity index (χ4v) is 2.55. The third-order valence-corrected chi connectivity index (χ3v) is 3.57. The molecule has 0 radical (unpaired) electrons. The normalized spacial score (nSPS) is 25.1. The van der Waals surface area contributed by atoms with E-state index >= 15 is 0 Å². The topological polar surface area (TPSA) is 78.4 Å². The van der Waals surface area contributed by atoms with Crippen molar-refractivity contribution < 1.29 is 14.7 Å². The molecule has 1 fully saturated rings. The summed E-state index contributed by atoms with van der Waals surface area (Å²) in [5.41, 5.74) is -0.558. The Bertz CT molecular complexity index is 309. The van der Waals surface area contributed by atoms with Crippen LogP contribution in [-0.2, 0) is 9.59 Å². The van der Waals surface area contributed by atoms with E-state index in [0.29, 0.717) is 0 Å². The average Bonchev–Trinajstić information content (AvgIpc) is 2.75. The third-order valence-electron chi connectivity index (χ3n) is 3.57. The fraction of sp³-hybridized carbons (Fsp3) is 0.846. The first kappa shape index (κ1) is 15.0. The van der Waals surface area contributed by atoms with Crippen LogP contribution in [0.4, 0.5) is 0 Å². The van der Waals surface area contributed by atoms with Gasteiger partial charge in [-0.05, 0) is 31.7 Å². The Labute approximate surface area is 108 Å². The molecule has 5 heteroatoms. The molecule has 2 unspecified atom stereocenters. The van der Waals surface area contributed by atoms with Gasteiger partial charge in [0, 0.05) is 0 Å². The van der Waals surface area contributed by atoms with E-state index in [1.54, 1.807) is 13.8 Å². The van der Waals surface area contributed by atoms with Gasteiger partial charge in [-0.3, -0.25) is 4.79 Å². The lowest BCUT2D eigenvalue weighted by atomic mass is 9.90. The number of rotatable bonds is 6. The standard InChI is InChI=1S/C13H24N2O3/c1-4-6-13(7-5-8-14-13)12(18)15-10(9(2)3)11(16)17/h9-10,14H,4-8H2,1-3H3,(H,15,18)(H,16,17). The monoisotopic (exact) mass is 256 g/mol. The van der Waals surface area contributed by atoms with Gasteiger partial charge in [0.15, 0.2) is 0 Å². The largest absolute Gasteiger partial charge is 0.480 e. The number of hydrogen-bond acceptors (Lipinski definition) is 3. The highest BCUT2D eigenvalue weighted by Crippen LogP contribution is 2.25. The molecule has 0 saturated carbocycles. The highest BCUT2D eigenvalue weighted by molar-refractivity contribution is 5.90. The molecule has 1 heterocycles. The Hall–Kier alpha value is -1.10. The van der Waals surface area contributed by atoms with E-state index in [-0.39, 0.29) is 11.8 Å². The van der Waals surface area contributed by atoms with E-state index in [9.17, 15) is 9.59 Å². The maximum absolute atomic E-state index is 12.3. The zero-order chi connectivity index (χ0) is 13.8. The second-order valence-electron chi connectivity index (χ2n) is 5.40. The van der Waals surface area contributed by atoms with Crippen molar-refractivity contribution in [2.24, 2.45) is 5.92 Å². The molecule has 1 aliphatic rings. The van der Waals surface area contributed by atoms with Gasteiger partial charge in [0.1, 0.15) is 6.04 Å². The lowest BCUT2D eigenvalue weighted by Crippen LogP contribution is -2.58. The molecular weight excluding hydrogens is 232 g/mol. The second kappa shape index (κ2) is 6.18. The maximum atomic E-state index is 12.3. The zero-order valence-electron chi connectivity index (χ0n) is 11.5. The number of carbonyl (C=O) groups excluding carboxylic acids is 1. The molecule has 3 N–H and O–H groups in total. The Kier molecular flexibility index (Phi) is 5.14. The molecule has 0 aromatic heterocycles. The summed E-state index contributed by atoms with van der Waals surface area (Å²) in [6.07, 6.45) is 3.41. The number of aliphatic carboxylic acids is 1. The molecule has 1 saturated heterocycles. The van der Waals surface area contributed by atoms with E-state index in [0.717, 1.165) is 32.2 Å². The maximum Gasteiger partial charge on any atom is 0.326 e. The number of nitrogens with one attached hydrogen (secondary N) is 2. The number of amides is 1. The summed E-state index contributed by atoms with van der Waals surface area (Å²) in [7, 11) is 0. The van der Waals surface area contributed by atoms with Crippen molar-refractivity contribution >= 4 is 11.9 Å². The van der Waals surface area contributed by atoms with Crippen LogP contribution in [0.5, 0.6) is 0 Å².